The van der Waals surface area contributed by atoms with E-state index < -0.39 is 0 Å². The first kappa shape index (κ1) is 11.7. The highest BCUT2D eigenvalue weighted by molar-refractivity contribution is 5.41. The molecule has 1 aliphatic carbocycles. The Morgan fingerprint density at radius 3 is 2.95 bits per heavy atom. The van der Waals surface area contributed by atoms with Crippen molar-refractivity contribution in [3.05, 3.63) is 29.8 Å². The minimum Gasteiger partial charge on any atom is -0.493 e. The summed E-state index contributed by atoms with van der Waals surface area (Å²) in [5.41, 5.74) is 1.21. The Morgan fingerprint density at radius 2 is 2.16 bits per heavy atom. The number of fused-ring (bicyclic) bond motifs is 3. The predicted octanol–water partition coefficient (Wildman–Crippen LogP) is 1.87. The third kappa shape index (κ3) is 1.87. The summed E-state index contributed by atoms with van der Waals surface area (Å²) in [5.74, 6) is 2.36. The van der Waals surface area contributed by atoms with Crippen LogP contribution in [0.1, 0.15) is 24.3 Å². The van der Waals surface area contributed by atoms with Crippen LogP contribution >= 0.6 is 0 Å². The first-order chi connectivity index (χ1) is 9.31. The molecule has 0 spiro atoms. The van der Waals surface area contributed by atoms with E-state index in [1.165, 1.54) is 24.9 Å². The first-order valence-electron chi connectivity index (χ1n) is 7.36. The van der Waals surface area contributed by atoms with Crippen molar-refractivity contribution >= 4 is 0 Å². The summed E-state index contributed by atoms with van der Waals surface area (Å²) in [6.45, 7) is 4.16. The lowest BCUT2D eigenvalue weighted by Gasteiger charge is -2.38. The summed E-state index contributed by atoms with van der Waals surface area (Å²) in [6, 6.07) is 8.34. The number of benzene rings is 1. The maximum absolute atomic E-state index is 9.94. The van der Waals surface area contributed by atoms with Gasteiger partial charge in [0, 0.05) is 31.0 Å². The van der Waals surface area contributed by atoms with Crippen LogP contribution in [0.2, 0.25) is 0 Å². The standard InChI is InChI=1S/C16H21NO2/c18-10-16-9-17(7-12-5-6-12)8-14(16)13-3-1-2-4-15(13)19-11-16/h1-4,12,14,18H,5-11H2/t14-,16-/m1/s1. The van der Waals surface area contributed by atoms with Crippen LogP contribution in [0.25, 0.3) is 0 Å². The van der Waals surface area contributed by atoms with Crippen molar-refractivity contribution in [1.82, 2.24) is 4.90 Å². The van der Waals surface area contributed by atoms with Gasteiger partial charge in [-0.05, 0) is 30.4 Å². The maximum Gasteiger partial charge on any atom is 0.122 e. The number of rotatable bonds is 3. The zero-order valence-electron chi connectivity index (χ0n) is 11.2. The van der Waals surface area contributed by atoms with Crippen LogP contribution in [0, 0.1) is 11.3 Å². The van der Waals surface area contributed by atoms with Gasteiger partial charge >= 0.3 is 0 Å². The lowest BCUT2D eigenvalue weighted by Crippen LogP contribution is -2.42. The number of nitrogens with zero attached hydrogens (tertiary/aromatic N) is 1. The molecule has 0 amide bonds. The zero-order valence-corrected chi connectivity index (χ0v) is 11.2. The van der Waals surface area contributed by atoms with Crippen LogP contribution in [-0.2, 0) is 0 Å². The molecule has 1 N–H and O–H groups in total. The van der Waals surface area contributed by atoms with Crippen LogP contribution in [0.3, 0.4) is 0 Å². The van der Waals surface area contributed by atoms with E-state index in [-0.39, 0.29) is 12.0 Å². The molecule has 2 atom stereocenters. The number of para-hydroxylation sites is 1. The van der Waals surface area contributed by atoms with E-state index in [4.69, 9.17) is 4.74 Å². The highest BCUT2D eigenvalue weighted by Crippen LogP contribution is 2.49. The first-order valence-corrected chi connectivity index (χ1v) is 7.36. The second kappa shape index (κ2) is 4.22. The summed E-state index contributed by atoms with van der Waals surface area (Å²) in [6.07, 6.45) is 2.78. The van der Waals surface area contributed by atoms with E-state index in [1.54, 1.807) is 0 Å². The van der Waals surface area contributed by atoms with Crippen LogP contribution in [-0.4, -0.2) is 42.9 Å². The number of aliphatic hydroxyl groups excluding tert-OH is 1. The van der Waals surface area contributed by atoms with Crippen molar-refractivity contribution in [3.63, 3.8) is 0 Å². The van der Waals surface area contributed by atoms with Crippen molar-refractivity contribution < 1.29 is 9.84 Å². The van der Waals surface area contributed by atoms with Gasteiger partial charge in [0.25, 0.3) is 0 Å². The molecule has 102 valence electrons. The molecule has 2 aliphatic heterocycles. The quantitative estimate of drug-likeness (QED) is 0.899. The Hall–Kier alpha value is -1.06. The minimum absolute atomic E-state index is 0.0801. The van der Waals surface area contributed by atoms with Crippen LogP contribution < -0.4 is 4.74 Å². The highest BCUT2D eigenvalue weighted by Gasteiger charge is 2.51. The average Bonchev–Trinajstić information content (AvgIpc) is 3.17. The minimum atomic E-state index is -0.0801. The van der Waals surface area contributed by atoms with Crippen molar-refractivity contribution in [2.45, 2.75) is 18.8 Å². The Bertz CT molecular complexity index is 485. The summed E-state index contributed by atoms with van der Waals surface area (Å²) in [7, 11) is 0. The van der Waals surface area contributed by atoms with Gasteiger partial charge in [-0.2, -0.15) is 0 Å². The third-order valence-corrected chi connectivity index (χ3v) is 5.06. The van der Waals surface area contributed by atoms with Gasteiger partial charge in [-0.3, -0.25) is 0 Å². The largest absolute Gasteiger partial charge is 0.493 e. The van der Waals surface area contributed by atoms with Gasteiger partial charge in [-0.25, -0.2) is 0 Å². The lowest BCUT2D eigenvalue weighted by atomic mass is 9.74. The molecule has 2 heterocycles. The monoisotopic (exact) mass is 259 g/mol. The summed E-state index contributed by atoms with van der Waals surface area (Å²) in [4.78, 5) is 2.55. The second-order valence-electron chi connectivity index (χ2n) is 6.54. The highest BCUT2D eigenvalue weighted by atomic mass is 16.5. The number of ether oxygens (including phenoxy) is 1. The molecule has 0 aromatic heterocycles. The number of hydrogen-bond acceptors (Lipinski definition) is 3. The van der Waals surface area contributed by atoms with Gasteiger partial charge in [0.1, 0.15) is 5.75 Å². The molecule has 2 fully saturated rings. The number of likely N-dealkylation sites (tertiary alicyclic amines) is 1. The normalized spacial score (nSPS) is 33.6. The Balaban J connectivity index is 1.65. The molecule has 1 saturated carbocycles. The molecule has 1 saturated heterocycles. The van der Waals surface area contributed by atoms with Crippen molar-refractivity contribution in [2.24, 2.45) is 11.3 Å². The van der Waals surface area contributed by atoms with E-state index in [9.17, 15) is 5.11 Å². The van der Waals surface area contributed by atoms with Crippen molar-refractivity contribution in [1.29, 1.82) is 0 Å². The molecule has 0 radical (unpaired) electrons. The Kier molecular flexibility index (Phi) is 2.61. The summed E-state index contributed by atoms with van der Waals surface area (Å²) < 4.78 is 5.91. The molecule has 19 heavy (non-hydrogen) atoms. The fourth-order valence-electron chi connectivity index (χ4n) is 3.78. The van der Waals surface area contributed by atoms with E-state index >= 15 is 0 Å². The van der Waals surface area contributed by atoms with Gasteiger partial charge in [-0.1, -0.05) is 18.2 Å². The zero-order chi connectivity index (χ0) is 12.9. The van der Waals surface area contributed by atoms with Gasteiger partial charge in [-0.15, -0.1) is 0 Å². The average molecular weight is 259 g/mol. The van der Waals surface area contributed by atoms with E-state index in [0.29, 0.717) is 12.5 Å². The van der Waals surface area contributed by atoms with Gasteiger partial charge in [0.05, 0.1) is 13.2 Å². The fourth-order valence-corrected chi connectivity index (χ4v) is 3.78. The molecule has 3 aliphatic rings. The predicted molar refractivity (Wildman–Crippen MR) is 73.4 cm³/mol. The topological polar surface area (TPSA) is 32.7 Å². The van der Waals surface area contributed by atoms with E-state index in [0.717, 1.165) is 24.8 Å². The lowest BCUT2D eigenvalue weighted by molar-refractivity contribution is 0.0459. The van der Waals surface area contributed by atoms with Gasteiger partial charge in [0.15, 0.2) is 0 Å². The third-order valence-electron chi connectivity index (χ3n) is 5.06. The molecule has 4 rings (SSSR count). The van der Waals surface area contributed by atoms with Gasteiger partial charge in [0.2, 0.25) is 0 Å². The summed E-state index contributed by atoms with van der Waals surface area (Å²) in [5, 5.41) is 9.94. The van der Waals surface area contributed by atoms with Gasteiger partial charge < -0.3 is 14.7 Å². The molecule has 0 unspecified atom stereocenters. The van der Waals surface area contributed by atoms with Crippen LogP contribution in [0.15, 0.2) is 24.3 Å². The smallest absolute Gasteiger partial charge is 0.122 e. The summed E-state index contributed by atoms with van der Waals surface area (Å²) >= 11 is 0. The maximum atomic E-state index is 9.94. The second-order valence-corrected chi connectivity index (χ2v) is 6.54. The van der Waals surface area contributed by atoms with Crippen molar-refractivity contribution in [3.8, 4) is 5.75 Å². The van der Waals surface area contributed by atoms with E-state index in [2.05, 4.69) is 23.1 Å². The number of aliphatic hydroxyl groups is 1. The molecule has 0 bridgehead atoms. The molecule has 3 heteroatoms. The molecular formula is C16H21NO2. The van der Waals surface area contributed by atoms with Crippen LogP contribution in [0.5, 0.6) is 5.75 Å². The molecular weight excluding hydrogens is 238 g/mol. The fraction of sp³-hybridized carbons (Fsp3) is 0.625. The Morgan fingerprint density at radius 1 is 1.32 bits per heavy atom. The van der Waals surface area contributed by atoms with Crippen molar-refractivity contribution in [2.75, 3.05) is 32.8 Å². The molecule has 3 nitrogen and oxygen atoms in total. The van der Waals surface area contributed by atoms with Crippen LogP contribution in [0.4, 0.5) is 0 Å². The Labute approximate surface area is 114 Å². The number of hydrogen-bond donors (Lipinski definition) is 1. The molecule has 1 aromatic carbocycles. The van der Waals surface area contributed by atoms with E-state index in [1.807, 2.05) is 6.07 Å². The SMILES string of the molecule is OC[C@]12COc3ccccc3[C@H]1CN(CC1CC1)C2. The molecule has 1 aromatic rings.